The molecule has 13 heteroatoms. The number of halogens is 5. The van der Waals surface area contributed by atoms with Crippen LogP contribution in [0.3, 0.4) is 0 Å². The number of carbonyl (C=O) groups is 1. The zero-order valence-corrected chi connectivity index (χ0v) is 17.1. The average molecular weight is 474 g/mol. The maximum absolute atomic E-state index is 13.8. The van der Waals surface area contributed by atoms with E-state index in [-0.39, 0.29) is 27.2 Å². The summed E-state index contributed by atoms with van der Waals surface area (Å²) in [7, 11) is 0. The highest BCUT2D eigenvalue weighted by Gasteiger charge is 2.45. The summed E-state index contributed by atoms with van der Waals surface area (Å²) in [6, 6.07) is -1.77. The van der Waals surface area contributed by atoms with E-state index in [0.29, 0.717) is 19.0 Å². The molecule has 0 spiro atoms. The third-order valence-electron chi connectivity index (χ3n) is 4.90. The van der Waals surface area contributed by atoms with Gasteiger partial charge in [-0.1, -0.05) is 11.6 Å². The smallest absolute Gasteiger partial charge is 0.416 e. The molecule has 0 radical (unpaired) electrons. The fraction of sp³-hybridized carbons (Fsp3) is 0.316. The Hall–Kier alpha value is -3.12. The van der Waals surface area contributed by atoms with Gasteiger partial charge in [-0.05, 0) is 19.1 Å². The maximum atomic E-state index is 13.8. The van der Waals surface area contributed by atoms with Crippen LogP contribution in [-0.4, -0.2) is 46.5 Å². The van der Waals surface area contributed by atoms with Crippen molar-refractivity contribution < 1.29 is 31.9 Å². The van der Waals surface area contributed by atoms with Gasteiger partial charge in [-0.3, -0.25) is 0 Å². The second-order valence-corrected chi connectivity index (χ2v) is 7.67. The van der Waals surface area contributed by atoms with E-state index in [0.717, 1.165) is 12.1 Å². The van der Waals surface area contributed by atoms with Crippen molar-refractivity contribution in [1.82, 2.24) is 15.3 Å². The quantitative estimate of drug-likeness (QED) is 0.496. The summed E-state index contributed by atoms with van der Waals surface area (Å²) in [6.45, 7) is 2.05. The molecule has 1 aliphatic rings. The number of aliphatic hydroxyl groups excluding tert-OH is 1. The first-order valence-corrected chi connectivity index (χ1v) is 9.68. The number of benzene rings is 1. The molecule has 0 aliphatic carbocycles. The van der Waals surface area contributed by atoms with Gasteiger partial charge in [0.15, 0.2) is 11.6 Å². The fourth-order valence-electron chi connectivity index (χ4n) is 3.30. The zero-order chi connectivity index (χ0) is 23.2. The summed E-state index contributed by atoms with van der Waals surface area (Å²) in [6.07, 6.45) is -2.93. The molecular formula is C19H16ClF4N5O3. The number of amides is 2. The van der Waals surface area contributed by atoms with E-state index in [1.54, 1.807) is 4.90 Å². The molecule has 3 aromatic rings. The lowest BCUT2D eigenvalue weighted by Crippen LogP contribution is -2.51. The van der Waals surface area contributed by atoms with Crippen LogP contribution in [0.25, 0.3) is 11.0 Å². The number of furan rings is 1. The van der Waals surface area contributed by atoms with Crippen molar-refractivity contribution in [2.75, 3.05) is 23.3 Å². The van der Waals surface area contributed by atoms with Crippen LogP contribution in [0.15, 0.2) is 28.9 Å². The number of alkyl halides is 3. The van der Waals surface area contributed by atoms with Crippen molar-refractivity contribution in [3.8, 4) is 0 Å². The van der Waals surface area contributed by atoms with E-state index >= 15 is 0 Å². The molecule has 1 atom stereocenters. The Morgan fingerprint density at radius 1 is 1.31 bits per heavy atom. The van der Waals surface area contributed by atoms with Crippen molar-refractivity contribution in [3.63, 3.8) is 0 Å². The topological polar surface area (TPSA) is 104 Å². The van der Waals surface area contributed by atoms with Gasteiger partial charge < -0.3 is 25.1 Å². The minimum absolute atomic E-state index is 0.00607. The lowest BCUT2D eigenvalue weighted by molar-refractivity contribution is -0.158. The highest BCUT2D eigenvalue weighted by molar-refractivity contribution is 6.34. The van der Waals surface area contributed by atoms with E-state index in [9.17, 15) is 27.5 Å². The predicted octanol–water partition coefficient (Wildman–Crippen LogP) is 3.93. The number of carbonyl (C=O) groups excluding carboxylic acids is 1. The second-order valence-electron chi connectivity index (χ2n) is 7.26. The molecule has 8 nitrogen and oxygen atoms in total. The van der Waals surface area contributed by atoms with Gasteiger partial charge in [0.2, 0.25) is 5.95 Å². The first-order chi connectivity index (χ1) is 15.0. The summed E-state index contributed by atoms with van der Waals surface area (Å²) in [5, 5.41) is 13.2. The van der Waals surface area contributed by atoms with Crippen molar-refractivity contribution in [2.45, 2.75) is 25.2 Å². The summed E-state index contributed by atoms with van der Waals surface area (Å²) in [4.78, 5) is 22.0. The predicted molar refractivity (Wildman–Crippen MR) is 107 cm³/mol. The molecule has 1 aliphatic heterocycles. The molecule has 2 amide bonds. The van der Waals surface area contributed by atoms with Gasteiger partial charge in [-0.2, -0.15) is 13.2 Å². The Balaban J connectivity index is 1.53. The fourth-order valence-corrected chi connectivity index (χ4v) is 3.54. The molecule has 1 saturated heterocycles. The van der Waals surface area contributed by atoms with Crippen molar-refractivity contribution in [1.29, 1.82) is 0 Å². The molecule has 170 valence electrons. The Bertz CT molecular complexity index is 1160. The maximum Gasteiger partial charge on any atom is 0.416 e. The number of anilines is 2. The lowest BCUT2D eigenvalue weighted by atomic mass is 10.1. The first kappa shape index (κ1) is 22.1. The Kier molecular flexibility index (Phi) is 5.59. The zero-order valence-electron chi connectivity index (χ0n) is 16.4. The van der Waals surface area contributed by atoms with Crippen LogP contribution < -0.4 is 15.5 Å². The first-order valence-electron chi connectivity index (χ1n) is 9.30. The molecule has 32 heavy (non-hydrogen) atoms. The van der Waals surface area contributed by atoms with Gasteiger partial charge in [-0.25, -0.2) is 19.2 Å². The summed E-state index contributed by atoms with van der Waals surface area (Å²) >= 11 is 5.89. The number of nitrogens with zero attached hydrogens (tertiary/aromatic N) is 3. The molecule has 3 N–H and O–H groups in total. The highest BCUT2D eigenvalue weighted by atomic mass is 35.5. The average Bonchev–Trinajstić information content (AvgIpc) is 3.00. The van der Waals surface area contributed by atoms with Crippen LogP contribution in [0, 0.1) is 12.7 Å². The SMILES string of the molecule is Cc1c(C(NC(=O)Nc2cnc(N3CC(O)C3)nc2)C(F)(F)F)oc2c(Cl)cc(F)cc12. The van der Waals surface area contributed by atoms with Crippen LogP contribution in [0.5, 0.6) is 0 Å². The largest absolute Gasteiger partial charge is 0.457 e. The Morgan fingerprint density at radius 2 is 1.97 bits per heavy atom. The third kappa shape index (κ3) is 4.28. The molecule has 1 aromatic carbocycles. The number of hydrogen-bond donors (Lipinski definition) is 3. The highest BCUT2D eigenvalue weighted by Crippen LogP contribution is 2.40. The van der Waals surface area contributed by atoms with E-state index in [1.165, 1.54) is 19.3 Å². The summed E-state index contributed by atoms with van der Waals surface area (Å²) in [5.74, 6) is -1.03. The number of β-amino-alcohol motifs (C(OH)–C–C–N with tert-alkyl or cyclic N) is 1. The van der Waals surface area contributed by atoms with Gasteiger partial charge in [0.05, 0.1) is 29.2 Å². The molecule has 1 unspecified atom stereocenters. The molecule has 0 bridgehead atoms. The molecular weight excluding hydrogens is 458 g/mol. The minimum Gasteiger partial charge on any atom is -0.457 e. The van der Waals surface area contributed by atoms with Crippen LogP contribution >= 0.6 is 11.6 Å². The lowest BCUT2D eigenvalue weighted by Gasteiger charge is -2.35. The molecule has 3 heterocycles. The number of urea groups is 1. The normalized spacial score (nSPS) is 15.5. The number of aryl methyl sites for hydroxylation is 1. The molecule has 4 rings (SSSR count). The Morgan fingerprint density at radius 3 is 2.56 bits per heavy atom. The number of aliphatic hydroxyl groups is 1. The van der Waals surface area contributed by atoms with Crippen molar-refractivity contribution in [2.24, 2.45) is 0 Å². The molecule has 2 aromatic heterocycles. The van der Waals surface area contributed by atoms with E-state index in [2.05, 4.69) is 15.3 Å². The molecule has 0 saturated carbocycles. The van der Waals surface area contributed by atoms with Crippen LogP contribution in [-0.2, 0) is 0 Å². The standard InChI is InChI=1S/C19H16ClF4N5O3/c1-8-12-2-9(21)3-13(20)15(12)32-14(8)16(19(22,23)24)28-18(31)27-10-4-25-17(26-5-10)29-6-11(30)7-29/h2-5,11,16,30H,6-7H2,1H3,(H2,27,28,31). The Labute approximate surface area is 183 Å². The van der Waals surface area contributed by atoms with Crippen LogP contribution in [0.4, 0.5) is 34.0 Å². The van der Waals surface area contributed by atoms with Gasteiger partial charge in [0.1, 0.15) is 11.6 Å². The van der Waals surface area contributed by atoms with Gasteiger partial charge >= 0.3 is 12.2 Å². The monoisotopic (exact) mass is 473 g/mol. The van der Waals surface area contributed by atoms with E-state index < -0.39 is 35.9 Å². The van der Waals surface area contributed by atoms with Gasteiger partial charge in [0.25, 0.3) is 0 Å². The van der Waals surface area contributed by atoms with Crippen LogP contribution in [0.2, 0.25) is 5.02 Å². The second kappa shape index (κ2) is 8.10. The number of hydrogen-bond acceptors (Lipinski definition) is 6. The van der Waals surface area contributed by atoms with Crippen molar-refractivity contribution >= 4 is 40.2 Å². The van der Waals surface area contributed by atoms with Gasteiger partial charge in [0, 0.05) is 24.0 Å². The molecule has 1 fully saturated rings. The van der Waals surface area contributed by atoms with E-state index in [4.69, 9.17) is 16.0 Å². The number of rotatable bonds is 4. The van der Waals surface area contributed by atoms with Crippen LogP contribution in [0.1, 0.15) is 17.4 Å². The number of fused-ring (bicyclic) bond motifs is 1. The third-order valence-corrected chi connectivity index (χ3v) is 5.18. The van der Waals surface area contributed by atoms with Gasteiger partial charge in [-0.15, -0.1) is 0 Å². The van der Waals surface area contributed by atoms with Crippen molar-refractivity contribution in [3.05, 3.63) is 46.7 Å². The summed E-state index contributed by atoms with van der Waals surface area (Å²) < 4.78 is 60.2. The number of nitrogens with one attached hydrogen (secondary N) is 2. The summed E-state index contributed by atoms with van der Waals surface area (Å²) in [5.41, 5.74) is -0.0646. The number of aromatic nitrogens is 2. The van der Waals surface area contributed by atoms with E-state index in [1.807, 2.05) is 5.32 Å². The minimum atomic E-state index is -4.92.